The van der Waals surface area contributed by atoms with Gasteiger partial charge in [0, 0.05) is 41.7 Å². The number of aliphatic hydroxyl groups is 1. The zero-order valence-electron chi connectivity index (χ0n) is 19.9. The summed E-state index contributed by atoms with van der Waals surface area (Å²) in [5.41, 5.74) is 4.09. The fourth-order valence-corrected chi connectivity index (χ4v) is 4.22. The summed E-state index contributed by atoms with van der Waals surface area (Å²) < 4.78 is 11.3. The average molecular weight is 484 g/mol. The van der Waals surface area contributed by atoms with Crippen LogP contribution in [0.4, 0.5) is 11.6 Å². The van der Waals surface area contributed by atoms with Gasteiger partial charge in [0.2, 0.25) is 5.95 Å². The van der Waals surface area contributed by atoms with Gasteiger partial charge in [-0.25, -0.2) is 9.97 Å². The molecule has 0 saturated carbocycles. The van der Waals surface area contributed by atoms with E-state index in [-0.39, 0.29) is 12.0 Å². The minimum absolute atomic E-state index is 0.0944. The van der Waals surface area contributed by atoms with Crippen molar-refractivity contribution in [3.63, 3.8) is 0 Å². The number of hydrogen-bond donors (Lipinski definition) is 2. The van der Waals surface area contributed by atoms with E-state index in [9.17, 15) is 5.11 Å². The zero-order valence-corrected chi connectivity index (χ0v) is 20.7. The van der Waals surface area contributed by atoms with Crippen molar-refractivity contribution in [1.82, 2.24) is 19.9 Å². The molecule has 0 spiro atoms. The Kier molecular flexibility index (Phi) is 7.21. The second-order valence-electron chi connectivity index (χ2n) is 8.96. The Labute approximate surface area is 204 Å². The molecule has 0 amide bonds. The summed E-state index contributed by atoms with van der Waals surface area (Å²) in [6.45, 7) is 3.45. The molecule has 3 aromatic rings. The lowest BCUT2D eigenvalue weighted by Crippen LogP contribution is -2.23. The van der Waals surface area contributed by atoms with Gasteiger partial charge in [0.15, 0.2) is 0 Å². The first-order valence-electron chi connectivity index (χ1n) is 11.2. The quantitative estimate of drug-likeness (QED) is 0.470. The van der Waals surface area contributed by atoms with Gasteiger partial charge < -0.3 is 24.8 Å². The molecule has 1 aromatic carbocycles. The lowest BCUT2D eigenvalue weighted by molar-refractivity contribution is 0.206. The maximum Gasteiger partial charge on any atom is 0.227 e. The van der Waals surface area contributed by atoms with Gasteiger partial charge in [0.25, 0.3) is 0 Å². The molecule has 9 heteroatoms. The monoisotopic (exact) mass is 483 g/mol. The number of nitrogens with one attached hydrogen (secondary N) is 1. The highest BCUT2D eigenvalue weighted by Gasteiger charge is 2.35. The third kappa shape index (κ3) is 5.09. The van der Waals surface area contributed by atoms with Crippen molar-refractivity contribution in [3.8, 4) is 22.8 Å². The van der Waals surface area contributed by atoms with E-state index in [0.717, 1.165) is 41.9 Å². The maximum atomic E-state index is 9.91. The summed E-state index contributed by atoms with van der Waals surface area (Å²) >= 11 is 6.46. The summed E-state index contributed by atoms with van der Waals surface area (Å²) in [6, 6.07) is 7.41. The van der Waals surface area contributed by atoms with Crippen LogP contribution in [-0.4, -0.2) is 65.9 Å². The van der Waals surface area contributed by atoms with E-state index in [1.165, 1.54) is 0 Å². The van der Waals surface area contributed by atoms with Gasteiger partial charge in [-0.2, -0.15) is 0 Å². The lowest BCUT2D eigenvalue weighted by atomic mass is 9.85. The molecule has 1 unspecified atom stereocenters. The Morgan fingerprint density at radius 3 is 2.76 bits per heavy atom. The predicted molar refractivity (Wildman–Crippen MR) is 133 cm³/mol. The second kappa shape index (κ2) is 10.1. The van der Waals surface area contributed by atoms with Gasteiger partial charge in [-0.15, -0.1) is 0 Å². The number of halogens is 1. The zero-order chi connectivity index (χ0) is 24.3. The third-order valence-corrected chi connectivity index (χ3v) is 6.43. The number of methoxy groups -OCH3 is 1. The van der Waals surface area contributed by atoms with Crippen molar-refractivity contribution < 1.29 is 14.6 Å². The number of rotatable bonds is 9. The van der Waals surface area contributed by atoms with Crippen LogP contribution < -0.4 is 14.8 Å². The van der Waals surface area contributed by atoms with Crippen LogP contribution in [0.5, 0.6) is 11.5 Å². The Morgan fingerprint density at radius 1 is 1.21 bits per heavy atom. The van der Waals surface area contributed by atoms with Crippen molar-refractivity contribution in [2.45, 2.75) is 25.2 Å². The van der Waals surface area contributed by atoms with Crippen LogP contribution in [0.3, 0.4) is 0 Å². The molecule has 4 rings (SSSR count). The van der Waals surface area contributed by atoms with Crippen LogP contribution in [0.25, 0.3) is 11.3 Å². The maximum absolute atomic E-state index is 9.91. The van der Waals surface area contributed by atoms with Gasteiger partial charge in [0.1, 0.15) is 18.1 Å². The Bertz CT molecular complexity index is 1170. The number of aliphatic hydroxyl groups excluding tert-OH is 1. The molecule has 1 atom stereocenters. The number of nitrogens with zero attached hydrogens (tertiary/aromatic N) is 4. The van der Waals surface area contributed by atoms with E-state index in [1.807, 2.05) is 31.3 Å². The number of benzene rings is 1. The smallest absolute Gasteiger partial charge is 0.227 e. The lowest BCUT2D eigenvalue weighted by Gasteiger charge is -2.22. The number of fused-ring (bicyclic) bond motifs is 1. The van der Waals surface area contributed by atoms with E-state index < -0.39 is 0 Å². The molecule has 34 heavy (non-hydrogen) atoms. The first-order valence-corrected chi connectivity index (χ1v) is 11.6. The van der Waals surface area contributed by atoms with Gasteiger partial charge in [-0.05, 0) is 50.7 Å². The Morgan fingerprint density at radius 2 is 2.03 bits per heavy atom. The van der Waals surface area contributed by atoms with Crippen molar-refractivity contribution in [2.24, 2.45) is 0 Å². The van der Waals surface area contributed by atoms with Gasteiger partial charge in [-0.1, -0.05) is 18.5 Å². The number of aromatic nitrogens is 3. The van der Waals surface area contributed by atoms with Gasteiger partial charge in [-0.3, -0.25) is 4.98 Å². The number of aryl methyl sites for hydroxylation is 1. The highest BCUT2D eigenvalue weighted by Crippen LogP contribution is 2.40. The molecule has 0 bridgehead atoms. The molecule has 0 radical (unpaired) electrons. The van der Waals surface area contributed by atoms with Crippen molar-refractivity contribution in [2.75, 3.05) is 46.3 Å². The number of likely N-dealkylation sites (N-methyl/N-ethyl adjacent to an activating group) is 1. The molecule has 1 aliphatic rings. The predicted octanol–water partition coefficient (Wildman–Crippen LogP) is 4.08. The normalized spacial score (nSPS) is 17.0. The minimum atomic E-state index is -0.271. The molecule has 0 aliphatic heterocycles. The summed E-state index contributed by atoms with van der Waals surface area (Å²) in [4.78, 5) is 15.7. The summed E-state index contributed by atoms with van der Waals surface area (Å²) in [6.07, 6.45) is 5.28. The Balaban J connectivity index is 1.58. The van der Waals surface area contributed by atoms with Crippen LogP contribution in [0.1, 0.15) is 24.6 Å². The number of pyridine rings is 1. The average Bonchev–Trinajstić information content (AvgIpc) is 3.17. The minimum Gasteiger partial charge on any atom is -0.494 e. The molecule has 1 aliphatic carbocycles. The summed E-state index contributed by atoms with van der Waals surface area (Å²) in [5, 5.41) is 13.6. The van der Waals surface area contributed by atoms with E-state index >= 15 is 0 Å². The first kappa shape index (κ1) is 24.2. The van der Waals surface area contributed by atoms with Gasteiger partial charge in [0.05, 0.1) is 30.1 Å². The number of anilines is 2. The van der Waals surface area contributed by atoms with Crippen LogP contribution in [0, 0.1) is 0 Å². The second-order valence-corrected chi connectivity index (χ2v) is 9.37. The van der Waals surface area contributed by atoms with Crippen LogP contribution in [-0.2, 0) is 11.8 Å². The molecule has 0 saturated heterocycles. The molecular formula is C25H30ClN5O3. The van der Waals surface area contributed by atoms with E-state index in [2.05, 4.69) is 33.3 Å². The number of ether oxygens (including phenoxy) is 2. The molecule has 8 nitrogen and oxygen atoms in total. The molecule has 180 valence electrons. The van der Waals surface area contributed by atoms with Crippen molar-refractivity contribution >= 4 is 23.2 Å². The molecule has 2 aromatic heterocycles. The molecule has 2 heterocycles. The van der Waals surface area contributed by atoms with Gasteiger partial charge >= 0.3 is 0 Å². The van der Waals surface area contributed by atoms with Crippen molar-refractivity contribution in [3.05, 3.63) is 52.9 Å². The summed E-state index contributed by atoms with van der Waals surface area (Å²) in [5.74, 6) is 1.52. The van der Waals surface area contributed by atoms with E-state index in [4.69, 9.17) is 21.1 Å². The number of hydrogen-bond acceptors (Lipinski definition) is 8. The fraction of sp³-hybridized carbons (Fsp3) is 0.400. The van der Waals surface area contributed by atoms with Crippen LogP contribution >= 0.6 is 11.6 Å². The van der Waals surface area contributed by atoms with Crippen LogP contribution in [0.15, 0.2) is 36.7 Å². The van der Waals surface area contributed by atoms with E-state index in [1.54, 1.807) is 25.4 Å². The fourth-order valence-electron chi connectivity index (χ4n) is 4.00. The first-order chi connectivity index (χ1) is 16.3. The highest BCUT2D eigenvalue weighted by atomic mass is 35.5. The largest absolute Gasteiger partial charge is 0.494 e. The highest BCUT2D eigenvalue weighted by molar-refractivity contribution is 6.32. The molecule has 2 N–H and O–H groups in total. The SMILES string of the molecule is COc1cc(OCCN(C)C)c(Cl)cc1Nc1nccc(-c2cnc3c(c2)C(C)(CO)CC3)n1. The summed E-state index contributed by atoms with van der Waals surface area (Å²) in [7, 11) is 5.55. The van der Waals surface area contributed by atoms with Crippen molar-refractivity contribution in [1.29, 1.82) is 0 Å². The van der Waals surface area contributed by atoms with E-state index in [0.29, 0.717) is 34.8 Å². The topological polar surface area (TPSA) is 92.6 Å². The third-order valence-electron chi connectivity index (χ3n) is 6.13. The van der Waals surface area contributed by atoms with Crippen LogP contribution in [0.2, 0.25) is 5.02 Å². The molecule has 0 fully saturated rings. The molecular weight excluding hydrogens is 454 g/mol. The standard InChI is InChI=1S/C25H30ClN5O3/c1-25(15-32)7-5-20-17(25)11-16(14-28-20)19-6-8-27-24(29-19)30-21-12-18(26)22(13-23(21)33-4)34-10-9-31(2)3/h6,8,11-14,32H,5,7,9-10,15H2,1-4H3,(H,27,29,30). The Hall–Kier alpha value is -2.94.